The van der Waals surface area contributed by atoms with E-state index < -0.39 is 0 Å². The molecule has 22 heavy (non-hydrogen) atoms. The van der Waals surface area contributed by atoms with Crippen LogP contribution in [-0.2, 0) is 11.3 Å². The van der Waals surface area contributed by atoms with Crippen molar-refractivity contribution in [2.45, 2.75) is 11.4 Å². The molecule has 0 atom stereocenters. The Kier molecular flexibility index (Phi) is 6.27. The zero-order chi connectivity index (χ0) is 15.9. The van der Waals surface area contributed by atoms with Crippen LogP contribution >= 0.6 is 27.7 Å². The molecule has 2 rings (SSSR count). The van der Waals surface area contributed by atoms with E-state index >= 15 is 0 Å². The van der Waals surface area contributed by atoms with E-state index in [1.807, 2.05) is 55.4 Å². The van der Waals surface area contributed by atoms with Gasteiger partial charge >= 0.3 is 0 Å². The van der Waals surface area contributed by atoms with E-state index in [0.29, 0.717) is 12.3 Å². The van der Waals surface area contributed by atoms with Crippen molar-refractivity contribution in [1.82, 2.24) is 10.3 Å². The Morgan fingerprint density at radius 2 is 2.00 bits per heavy atom. The first kappa shape index (κ1) is 16.8. The van der Waals surface area contributed by atoms with Crippen LogP contribution in [0.3, 0.4) is 0 Å². The van der Waals surface area contributed by atoms with Crippen molar-refractivity contribution in [3.63, 3.8) is 0 Å². The highest BCUT2D eigenvalue weighted by molar-refractivity contribution is 9.10. The highest BCUT2D eigenvalue weighted by Crippen LogP contribution is 2.20. The Balaban J connectivity index is 1.84. The van der Waals surface area contributed by atoms with Gasteiger partial charge in [-0.05, 0) is 30.3 Å². The van der Waals surface area contributed by atoms with Crippen molar-refractivity contribution >= 4 is 39.4 Å². The average molecular weight is 380 g/mol. The molecule has 1 aromatic carbocycles. The lowest BCUT2D eigenvalue weighted by molar-refractivity contribution is -0.118. The SMILES string of the molecule is CN(C)c1ncccc1CNC(=O)CSc1ccc(Br)cc1. The molecule has 0 fully saturated rings. The predicted octanol–water partition coefficient (Wildman–Crippen LogP) is 3.32. The van der Waals surface area contributed by atoms with Crippen LogP contribution in [0.4, 0.5) is 5.82 Å². The van der Waals surface area contributed by atoms with Crippen molar-refractivity contribution in [3.05, 3.63) is 52.6 Å². The number of pyridine rings is 1. The molecular weight excluding hydrogens is 362 g/mol. The Morgan fingerprint density at radius 1 is 1.27 bits per heavy atom. The summed E-state index contributed by atoms with van der Waals surface area (Å²) >= 11 is 4.92. The minimum Gasteiger partial charge on any atom is -0.362 e. The summed E-state index contributed by atoms with van der Waals surface area (Å²) in [5.74, 6) is 1.30. The summed E-state index contributed by atoms with van der Waals surface area (Å²) < 4.78 is 1.04. The lowest BCUT2D eigenvalue weighted by Crippen LogP contribution is -2.26. The number of nitrogens with zero attached hydrogens (tertiary/aromatic N) is 2. The molecule has 0 unspecified atom stereocenters. The maximum Gasteiger partial charge on any atom is 0.230 e. The number of rotatable bonds is 6. The van der Waals surface area contributed by atoms with E-state index in [9.17, 15) is 4.79 Å². The van der Waals surface area contributed by atoms with E-state index in [2.05, 4.69) is 26.2 Å². The van der Waals surface area contributed by atoms with Crippen molar-refractivity contribution in [2.24, 2.45) is 0 Å². The molecule has 0 aliphatic rings. The number of carbonyl (C=O) groups excluding carboxylic acids is 1. The quantitative estimate of drug-likeness (QED) is 0.781. The van der Waals surface area contributed by atoms with Crippen molar-refractivity contribution < 1.29 is 4.79 Å². The standard InChI is InChI=1S/C16H18BrN3OS/c1-20(2)16-12(4-3-9-18-16)10-19-15(21)11-22-14-7-5-13(17)6-8-14/h3-9H,10-11H2,1-2H3,(H,19,21). The Morgan fingerprint density at radius 3 is 2.68 bits per heavy atom. The molecule has 4 nitrogen and oxygen atoms in total. The van der Waals surface area contributed by atoms with Crippen LogP contribution in [0.25, 0.3) is 0 Å². The molecule has 0 saturated carbocycles. The first-order valence-corrected chi connectivity index (χ1v) is 8.60. The maximum absolute atomic E-state index is 12.0. The number of thioether (sulfide) groups is 1. The van der Waals surface area contributed by atoms with E-state index in [0.717, 1.165) is 20.7 Å². The summed E-state index contributed by atoms with van der Waals surface area (Å²) in [6.07, 6.45) is 1.75. The molecule has 6 heteroatoms. The van der Waals surface area contributed by atoms with E-state index in [4.69, 9.17) is 0 Å². The number of hydrogen-bond donors (Lipinski definition) is 1. The molecule has 1 N–H and O–H groups in total. The summed E-state index contributed by atoms with van der Waals surface area (Å²) in [7, 11) is 3.88. The number of anilines is 1. The minimum atomic E-state index is 0.0153. The molecule has 1 amide bonds. The van der Waals surface area contributed by atoms with Gasteiger partial charge < -0.3 is 10.2 Å². The third kappa shape index (κ3) is 5.03. The molecule has 1 aromatic heterocycles. The van der Waals surface area contributed by atoms with Gasteiger partial charge in [0.15, 0.2) is 0 Å². The third-order valence-corrected chi connectivity index (χ3v) is 4.49. The number of carbonyl (C=O) groups is 1. The first-order valence-electron chi connectivity index (χ1n) is 6.82. The number of benzene rings is 1. The van der Waals surface area contributed by atoms with Gasteiger partial charge in [-0.3, -0.25) is 4.79 Å². The lowest BCUT2D eigenvalue weighted by atomic mass is 10.2. The molecule has 0 radical (unpaired) electrons. The number of halogens is 1. The topological polar surface area (TPSA) is 45.2 Å². The molecule has 0 spiro atoms. The summed E-state index contributed by atoms with van der Waals surface area (Å²) in [6.45, 7) is 0.487. The zero-order valence-corrected chi connectivity index (χ0v) is 14.9. The van der Waals surface area contributed by atoms with Crippen LogP contribution in [0.1, 0.15) is 5.56 Å². The van der Waals surface area contributed by atoms with Crippen LogP contribution in [0.15, 0.2) is 52.0 Å². The average Bonchev–Trinajstić information content (AvgIpc) is 2.52. The van der Waals surface area contributed by atoms with Crippen LogP contribution in [-0.4, -0.2) is 30.7 Å². The summed E-state index contributed by atoms with van der Waals surface area (Å²) in [6, 6.07) is 11.8. The highest BCUT2D eigenvalue weighted by Gasteiger charge is 2.07. The third-order valence-electron chi connectivity index (χ3n) is 2.95. The fraction of sp³-hybridized carbons (Fsp3) is 0.250. The number of aromatic nitrogens is 1. The van der Waals surface area contributed by atoms with Crippen LogP contribution in [0.5, 0.6) is 0 Å². The van der Waals surface area contributed by atoms with Gasteiger partial charge in [0.1, 0.15) is 5.82 Å². The fourth-order valence-corrected chi connectivity index (χ4v) is 2.89. The molecule has 2 aromatic rings. The summed E-state index contributed by atoms with van der Waals surface area (Å²) in [5.41, 5.74) is 1.01. The van der Waals surface area contributed by atoms with E-state index in [-0.39, 0.29) is 5.91 Å². The second kappa shape index (κ2) is 8.19. The Hall–Kier alpha value is -1.53. The molecule has 0 bridgehead atoms. The molecule has 1 heterocycles. The minimum absolute atomic E-state index is 0.0153. The number of nitrogens with one attached hydrogen (secondary N) is 1. The van der Waals surface area contributed by atoms with Gasteiger partial charge in [-0.15, -0.1) is 11.8 Å². The molecule has 116 valence electrons. The fourth-order valence-electron chi connectivity index (χ4n) is 1.90. The molecule has 0 aliphatic carbocycles. The first-order chi connectivity index (χ1) is 10.6. The van der Waals surface area contributed by atoms with Crippen LogP contribution in [0.2, 0.25) is 0 Å². The maximum atomic E-state index is 12.0. The smallest absolute Gasteiger partial charge is 0.230 e. The normalized spacial score (nSPS) is 10.3. The predicted molar refractivity (Wildman–Crippen MR) is 95.3 cm³/mol. The second-order valence-corrected chi connectivity index (χ2v) is 6.86. The largest absolute Gasteiger partial charge is 0.362 e. The van der Waals surface area contributed by atoms with Gasteiger partial charge in [0.25, 0.3) is 0 Å². The molecule has 0 saturated heterocycles. The van der Waals surface area contributed by atoms with Gasteiger partial charge in [0, 0.05) is 41.8 Å². The van der Waals surface area contributed by atoms with Crippen LogP contribution in [0, 0.1) is 0 Å². The van der Waals surface area contributed by atoms with E-state index in [1.54, 1.807) is 6.20 Å². The Labute approximate surface area is 143 Å². The number of amides is 1. The van der Waals surface area contributed by atoms with E-state index in [1.165, 1.54) is 11.8 Å². The monoisotopic (exact) mass is 379 g/mol. The van der Waals surface area contributed by atoms with Gasteiger partial charge in [-0.25, -0.2) is 4.98 Å². The molecular formula is C16H18BrN3OS. The van der Waals surface area contributed by atoms with Crippen molar-refractivity contribution in [2.75, 3.05) is 24.7 Å². The highest BCUT2D eigenvalue weighted by atomic mass is 79.9. The van der Waals surface area contributed by atoms with Crippen molar-refractivity contribution in [3.8, 4) is 0 Å². The van der Waals surface area contributed by atoms with Crippen molar-refractivity contribution in [1.29, 1.82) is 0 Å². The molecule has 0 aliphatic heterocycles. The number of hydrogen-bond acceptors (Lipinski definition) is 4. The van der Waals surface area contributed by atoms with Gasteiger partial charge in [0.2, 0.25) is 5.91 Å². The van der Waals surface area contributed by atoms with Crippen LogP contribution < -0.4 is 10.2 Å². The zero-order valence-electron chi connectivity index (χ0n) is 12.5. The van der Waals surface area contributed by atoms with Gasteiger partial charge in [0.05, 0.1) is 5.75 Å². The Bertz CT molecular complexity index is 632. The lowest BCUT2D eigenvalue weighted by Gasteiger charge is -2.16. The summed E-state index contributed by atoms with van der Waals surface area (Å²) in [4.78, 5) is 19.3. The van der Waals surface area contributed by atoms with Gasteiger partial charge in [-0.1, -0.05) is 22.0 Å². The summed E-state index contributed by atoms with van der Waals surface area (Å²) in [5, 5.41) is 2.94. The second-order valence-electron chi connectivity index (χ2n) is 4.90. The van der Waals surface area contributed by atoms with Gasteiger partial charge in [-0.2, -0.15) is 0 Å².